The van der Waals surface area contributed by atoms with Crippen molar-refractivity contribution in [1.29, 1.82) is 0 Å². The van der Waals surface area contributed by atoms with Crippen LogP contribution in [0, 0.1) is 0 Å². The maximum Gasteiger partial charge on any atom is 0.419 e. The summed E-state index contributed by atoms with van der Waals surface area (Å²) < 4.78 is 39.2. The summed E-state index contributed by atoms with van der Waals surface area (Å²) in [5.74, 6) is -0.444. The van der Waals surface area contributed by atoms with Gasteiger partial charge < -0.3 is 14.2 Å². The molecule has 2 aliphatic rings. The van der Waals surface area contributed by atoms with Crippen LogP contribution in [0.5, 0.6) is 5.75 Å². The second-order valence-electron chi connectivity index (χ2n) is 12.3. The van der Waals surface area contributed by atoms with Crippen molar-refractivity contribution in [2.45, 2.75) is 63.6 Å². The number of nitrogens with one attached hydrogen (secondary N) is 1. The van der Waals surface area contributed by atoms with E-state index in [1.54, 1.807) is 26.8 Å². The minimum atomic E-state index is -4.37. The van der Waals surface area contributed by atoms with E-state index < -0.39 is 27.7 Å². The zero-order valence-corrected chi connectivity index (χ0v) is 27.5. The molecule has 12 heteroatoms. The number of amides is 1. The fourth-order valence-corrected chi connectivity index (χ4v) is 7.60. The minimum Gasteiger partial charge on any atom is -0.443 e. The molecule has 6 rings (SSSR count). The van der Waals surface area contributed by atoms with E-state index in [0.717, 1.165) is 30.6 Å². The third-order valence-corrected chi connectivity index (χ3v) is 9.81. The Hall–Kier alpha value is -3.57. The molecule has 1 N–H and O–H groups in total. The smallest absolute Gasteiger partial charge is 0.419 e. The van der Waals surface area contributed by atoms with E-state index in [1.165, 1.54) is 48.1 Å². The first-order valence-electron chi connectivity index (χ1n) is 14.7. The van der Waals surface area contributed by atoms with Crippen molar-refractivity contribution in [3.05, 3.63) is 81.3 Å². The van der Waals surface area contributed by atoms with Crippen LogP contribution in [0.4, 0.5) is 4.79 Å². The molecule has 1 saturated heterocycles. The Morgan fingerprint density at radius 2 is 1.73 bits per heavy atom. The van der Waals surface area contributed by atoms with Gasteiger partial charge in [-0.05, 0) is 101 Å². The van der Waals surface area contributed by atoms with Crippen molar-refractivity contribution in [3.63, 3.8) is 0 Å². The van der Waals surface area contributed by atoms with Crippen LogP contribution in [0.2, 0.25) is 10.0 Å². The average Bonchev–Trinajstić information content (AvgIpc) is 3.53. The number of carbonyl (C=O) groups is 2. The number of hydrogen-bond acceptors (Lipinski definition) is 7. The van der Waals surface area contributed by atoms with Gasteiger partial charge in [0, 0.05) is 34.6 Å². The van der Waals surface area contributed by atoms with Gasteiger partial charge in [-0.2, -0.15) is 8.42 Å². The Morgan fingerprint density at radius 1 is 0.978 bits per heavy atom. The Balaban J connectivity index is 1.45. The van der Waals surface area contributed by atoms with Crippen molar-refractivity contribution < 1.29 is 26.9 Å². The molecule has 0 bridgehead atoms. The van der Waals surface area contributed by atoms with Crippen LogP contribution in [0.3, 0.4) is 0 Å². The second-order valence-corrected chi connectivity index (χ2v) is 14.7. The van der Waals surface area contributed by atoms with Gasteiger partial charge in [-0.15, -0.1) is 0 Å². The first-order valence-corrected chi connectivity index (χ1v) is 16.9. The summed E-state index contributed by atoms with van der Waals surface area (Å²) in [6.07, 6.45) is 3.02. The Labute approximate surface area is 272 Å². The molecule has 0 aliphatic carbocycles. The standard InChI is InChI=1S/C33H33Cl2N3O6S/c1-33(2,3)43-32(40)38-26-10-7-20(19-37-13-5-4-6-14-37)15-21(26)16-27(38)23-9-11-28(24-18-36-31(39)30(23)24)44-45(41,42)29-12-8-22(34)17-25(29)35/h7-12,15-17H,4-6,13-14,18-19H2,1-3H3,(H,36,39). The summed E-state index contributed by atoms with van der Waals surface area (Å²) in [6.45, 7) is 8.31. The van der Waals surface area contributed by atoms with E-state index in [1.807, 2.05) is 18.2 Å². The van der Waals surface area contributed by atoms with Crippen molar-refractivity contribution in [1.82, 2.24) is 14.8 Å². The zero-order chi connectivity index (χ0) is 32.1. The van der Waals surface area contributed by atoms with Gasteiger partial charge in [-0.1, -0.05) is 35.7 Å². The van der Waals surface area contributed by atoms with E-state index in [4.69, 9.17) is 32.1 Å². The number of carbonyl (C=O) groups excluding carboxylic acids is 2. The number of halogens is 2. The second kappa shape index (κ2) is 12.0. The number of rotatable bonds is 6. The molecule has 2 aliphatic heterocycles. The molecule has 45 heavy (non-hydrogen) atoms. The highest BCUT2D eigenvalue weighted by Gasteiger charge is 2.32. The van der Waals surface area contributed by atoms with Crippen molar-refractivity contribution in [2.24, 2.45) is 0 Å². The van der Waals surface area contributed by atoms with Gasteiger partial charge in [0.05, 0.1) is 21.8 Å². The first-order chi connectivity index (χ1) is 21.3. The molecule has 3 heterocycles. The lowest BCUT2D eigenvalue weighted by atomic mass is 9.99. The number of benzene rings is 3. The molecule has 9 nitrogen and oxygen atoms in total. The summed E-state index contributed by atoms with van der Waals surface area (Å²) in [4.78, 5) is 29.1. The maximum atomic E-state index is 13.7. The predicted octanol–water partition coefficient (Wildman–Crippen LogP) is 7.40. The lowest BCUT2D eigenvalue weighted by Gasteiger charge is -2.26. The lowest BCUT2D eigenvalue weighted by Crippen LogP contribution is -2.29. The SMILES string of the molecule is CC(C)(C)OC(=O)n1c(-c2ccc(OS(=O)(=O)c3ccc(Cl)cc3Cl)c3c2C(=O)NC3)cc2cc(CN3CCCCC3)ccc21. The van der Waals surface area contributed by atoms with Crippen LogP contribution in [0.25, 0.3) is 22.2 Å². The van der Waals surface area contributed by atoms with Crippen LogP contribution in [0.15, 0.2) is 59.5 Å². The molecule has 0 spiro atoms. The van der Waals surface area contributed by atoms with Gasteiger partial charge in [-0.25, -0.2) is 9.36 Å². The maximum absolute atomic E-state index is 13.7. The Kier molecular flexibility index (Phi) is 8.36. The fourth-order valence-electron chi connectivity index (χ4n) is 5.89. The van der Waals surface area contributed by atoms with Gasteiger partial charge in [0.25, 0.3) is 5.91 Å². The average molecular weight is 671 g/mol. The van der Waals surface area contributed by atoms with Gasteiger partial charge in [0.15, 0.2) is 0 Å². The number of piperidine rings is 1. The highest BCUT2D eigenvalue weighted by atomic mass is 35.5. The number of nitrogens with zero attached hydrogens (tertiary/aromatic N) is 2. The summed E-state index contributed by atoms with van der Waals surface area (Å²) in [7, 11) is -4.37. The van der Waals surface area contributed by atoms with Gasteiger partial charge in [0.2, 0.25) is 0 Å². The van der Waals surface area contributed by atoms with Gasteiger partial charge in [-0.3, -0.25) is 9.69 Å². The summed E-state index contributed by atoms with van der Waals surface area (Å²) in [6, 6.07) is 14.9. The van der Waals surface area contributed by atoms with Crippen LogP contribution in [-0.4, -0.2) is 48.6 Å². The molecular formula is C33H33Cl2N3O6S. The zero-order valence-electron chi connectivity index (χ0n) is 25.2. The van der Waals surface area contributed by atoms with Crippen molar-refractivity contribution >= 4 is 56.2 Å². The highest BCUT2D eigenvalue weighted by Crippen LogP contribution is 2.39. The summed E-state index contributed by atoms with van der Waals surface area (Å²) in [5.41, 5.74) is 2.42. The third-order valence-electron chi connectivity index (χ3n) is 7.86. The molecule has 0 unspecified atom stereocenters. The number of fused-ring (bicyclic) bond motifs is 2. The van der Waals surface area contributed by atoms with E-state index in [9.17, 15) is 18.0 Å². The molecular weight excluding hydrogens is 637 g/mol. The monoisotopic (exact) mass is 669 g/mol. The largest absolute Gasteiger partial charge is 0.443 e. The molecule has 4 aromatic rings. The van der Waals surface area contributed by atoms with Crippen LogP contribution in [-0.2, 0) is 27.9 Å². The molecule has 1 amide bonds. The first kappa shape index (κ1) is 31.4. The molecule has 1 fully saturated rings. The van der Waals surface area contributed by atoms with Crippen LogP contribution < -0.4 is 9.50 Å². The molecule has 3 aromatic carbocycles. The van der Waals surface area contributed by atoms with Crippen molar-refractivity contribution in [2.75, 3.05) is 13.1 Å². The molecule has 0 radical (unpaired) electrons. The van der Waals surface area contributed by atoms with E-state index in [-0.39, 0.29) is 32.8 Å². The van der Waals surface area contributed by atoms with E-state index in [0.29, 0.717) is 22.3 Å². The highest BCUT2D eigenvalue weighted by molar-refractivity contribution is 7.87. The van der Waals surface area contributed by atoms with Crippen molar-refractivity contribution in [3.8, 4) is 17.0 Å². The Morgan fingerprint density at radius 3 is 2.44 bits per heavy atom. The number of likely N-dealkylation sites (tertiary alicyclic amines) is 1. The fraction of sp³-hybridized carbons (Fsp3) is 0.333. The van der Waals surface area contributed by atoms with Crippen LogP contribution >= 0.6 is 23.2 Å². The molecule has 1 aromatic heterocycles. The summed E-state index contributed by atoms with van der Waals surface area (Å²) in [5, 5.41) is 3.77. The van der Waals surface area contributed by atoms with Gasteiger partial charge in [0.1, 0.15) is 16.2 Å². The van der Waals surface area contributed by atoms with Gasteiger partial charge >= 0.3 is 16.2 Å². The van der Waals surface area contributed by atoms with E-state index in [2.05, 4.69) is 16.3 Å². The predicted molar refractivity (Wildman–Crippen MR) is 174 cm³/mol. The molecule has 236 valence electrons. The Bertz CT molecular complexity index is 1940. The topological polar surface area (TPSA) is 107 Å². The minimum absolute atomic E-state index is 0.0261. The number of aromatic nitrogens is 1. The molecule has 0 atom stereocenters. The van der Waals surface area contributed by atoms with Crippen LogP contribution in [0.1, 0.15) is 61.5 Å². The van der Waals surface area contributed by atoms with E-state index >= 15 is 0 Å². The normalized spacial score (nSPS) is 15.6. The third kappa shape index (κ3) is 6.42. The lowest BCUT2D eigenvalue weighted by molar-refractivity contribution is 0.0546. The molecule has 0 saturated carbocycles. The summed E-state index contributed by atoms with van der Waals surface area (Å²) >= 11 is 12.1. The number of hydrogen-bond donors (Lipinski definition) is 1. The number of ether oxygens (including phenoxy) is 1. The quantitative estimate of drug-likeness (QED) is 0.213.